The summed E-state index contributed by atoms with van der Waals surface area (Å²) in [4.78, 5) is 9.69. The molecule has 0 saturated carbocycles. The number of hydrogen-bond donors (Lipinski definition) is 0. The monoisotopic (exact) mass is 311 g/mol. The molecule has 2 fully saturated rings. The van der Waals surface area contributed by atoms with Crippen molar-refractivity contribution in [1.29, 1.82) is 0 Å². The minimum Gasteiger partial charge on any atom is -0.497 e. The fourth-order valence-corrected chi connectivity index (χ4v) is 4.05. The molecule has 1 atom stereocenters. The average Bonchev–Trinajstić information content (AvgIpc) is 3.26. The summed E-state index contributed by atoms with van der Waals surface area (Å²) in [5.74, 6) is 1.67. The molecule has 23 heavy (non-hydrogen) atoms. The Morgan fingerprint density at radius 2 is 2.04 bits per heavy atom. The molecule has 0 spiro atoms. The maximum atomic E-state index is 5.32. The van der Waals surface area contributed by atoms with E-state index in [9.17, 15) is 0 Å². The van der Waals surface area contributed by atoms with Gasteiger partial charge in [-0.05, 0) is 56.5 Å². The summed E-state index contributed by atoms with van der Waals surface area (Å²) in [6.45, 7) is 6.20. The van der Waals surface area contributed by atoms with E-state index in [2.05, 4.69) is 26.9 Å². The number of ether oxygens (including phenoxy) is 1. The number of methoxy groups -OCH3 is 1. The fourth-order valence-electron chi connectivity index (χ4n) is 4.05. The molecule has 1 aromatic carbocycles. The Hall–Kier alpha value is -1.81. The molecule has 0 bridgehead atoms. The number of rotatable bonds is 4. The van der Waals surface area contributed by atoms with E-state index in [1.54, 1.807) is 7.11 Å². The highest BCUT2D eigenvalue weighted by atomic mass is 16.5. The van der Waals surface area contributed by atoms with Gasteiger partial charge in [-0.1, -0.05) is 0 Å². The molecule has 2 saturated heterocycles. The van der Waals surface area contributed by atoms with E-state index in [0.29, 0.717) is 0 Å². The van der Waals surface area contributed by atoms with Crippen LogP contribution in [0.4, 0.5) is 5.69 Å². The molecule has 4 heteroatoms. The Kier molecular flexibility index (Phi) is 4.08. The SMILES string of the molecule is COc1ccc2c(N3CC[C@H](CN4CCCC4)C3)ccnc2c1. The van der Waals surface area contributed by atoms with Gasteiger partial charge in [-0.3, -0.25) is 4.98 Å². The predicted octanol–water partition coefficient (Wildman–Crippen LogP) is 3.17. The number of aromatic nitrogens is 1. The first-order chi connectivity index (χ1) is 11.3. The number of pyridine rings is 1. The van der Waals surface area contributed by atoms with Crippen molar-refractivity contribution >= 4 is 16.6 Å². The standard InChI is InChI=1S/C19H25N3O/c1-23-16-4-5-17-18(12-16)20-8-6-19(17)22-11-7-15(14-22)13-21-9-2-3-10-21/h4-6,8,12,15H,2-3,7,9-11,13-14H2,1H3/t15-/m1/s1. The first-order valence-corrected chi connectivity index (χ1v) is 8.73. The highest BCUT2D eigenvalue weighted by Crippen LogP contribution is 2.32. The lowest BCUT2D eigenvalue weighted by atomic mass is 10.1. The van der Waals surface area contributed by atoms with Gasteiger partial charge in [-0.15, -0.1) is 0 Å². The van der Waals surface area contributed by atoms with Gasteiger partial charge < -0.3 is 14.5 Å². The summed E-state index contributed by atoms with van der Waals surface area (Å²) in [7, 11) is 1.70. The van der Waals surface area contributed by atoms with Crippen molar-refractivity contribution in [3.8, 4) is 5.75 Å². The second kappa shape index (κ2) is 6.36. The molecule has 2 aliphatic rings. The van der Waals surface area contributed by atoms with Crippen LogP contribution in [-0.2, 0) is 0 Å². The zero-order chi connectivity index (χ0) is 15.6. The van der Waals surface area contributed by atoms with E-state index in [4.69, 9.17) is 4.74 Å². The van der Waals surface area contributed by atoms with E-state index in [-0.39, 0.29) is 0 Å². The van der Waals surface area contributed by atoms with E-state index >= 15 is 0 Å². The summed E-state index contributed by atoms with van der Waals surface area (Å²) in [5, 5.41) is 1.23. The van der Waals surface area contributed by atoms with Crippen LogP contribution in [0.2, 0.25) is 0 Å². The predicted molar refractivity (Wildman–Crippen MR) is 94.3 cm³/mol. The molecule has 122 valence electrons. The van der Waals surface area contributed by atoms with Crippen molar-refractivity contribution in [3.63, 3.8) is 0 Å². The van der Waals surface area contributed by atoms with Gasteiger partial charge in [0.25, 0.3) is 0 Å². The zero-order valence-corrected chi connectivity index (χ0v) is 13.9. The van der Waals surface area contributed by atoms with Gasteiger partial charge in [0, 0.05) is 43.0 Å². The normalized spacial score (nSPS) is 22.1. The van der Waals surface area contributed by atoms with Crippen LogP contribution in [0.3, 0.4) is 0 Å². The van der Waals surface area contributed by atoms with Crippen molar-refractivity contribution in [2.24, 2.45) is 5.92 Å². The lowest BCUT2D eigenvalue weighted by Gasteiger charge is -2.22. The molecule has 0 unspecified atom stereocenters. The molecular formula is C19H25N3O. The summed E-state index contributed by atoms with van der Waals surface area (Å²) in [5.41, 5.74) is 2.34. The zero-order valence-electron chi connectivity index (χ0n) is 13.9. The summed E-state index contributed by atoms with van der Waals surface area (Å²) in [6, 6.07) is 8.36. The van der Waals surface area contributed by atoms with Crippen molar-refractivity contribution in [2.75, 3.05) is 44.7 Å². The van der Waals surface area contributed by atoms with Gasteiger partial charge in [-0.2, -0.15) is 0 Å². The van der Waals surface area contributed by atoms with Gasteiger partial charge in [0.05, 0.1) is 12.6 Å². The number of likely N-dealkylation sites (tertiary alicyclic amines) is 1. The fraction of sp³-hybridized carbons (Fsp3) is 0.526. The summed E-state index contributed by atoms with van der Waals surface area (Å²) < 4.78 is 5.32. The minimum atomic E-state index is 0.801. The number of benzene rings is 1. The average molecular weight is 311 g/mol. The van der Waals surface area contributed by atoms with Gasteiger partial charge in [0.15, 0.2) is 0 Å². The van der Waals surface area contributed by atoms with Crippen molar-refractivity contribution in [3.05, 3.63) is 30.5 Å². The van der Waals surface area contributed by atoms with E-state index < -0.39 is 0 Å². The minimum absolute atomic E-state index is 0.801. The molecule has 4 rings (SSSR count). The molecule has 0 radical (unpaired) electrons. The van der Waals surface area contributed by atoms with Crippen LogP contribution in [0.5, 0.6) is 5.75 Å². The van der Waals surface area contributed by atoms with Crippen LogP contribution in [0.1, 0.15) is 19.3 Å². The van der Waals surface area contributed by atoms with Gasteiger partial charge in [0.2, 0.25) is 0 Å². The number of hydrogen-bond acceptors (Lipinski definition) is 4. The van der Waals surface area contributed by atoms with E-state index in [0.717, 1.165) is 23.7 Å². The van der Waals surface area contributed by atoms with Crippen LogP contribution in [0.25, 0.3) is 10.9 Å². The molecule has 2 aromatic rings. The molecular weight excluding hydrogens is 286 g/mol. The highest BCUT2D eigenvalue weighted by molar-refractivity contribution is 5.92. The quantitative estimate of drug-likeness (QED) is 0.867. The molecule has 3 heterocycles. The van der Waals surface area contributed by atoms with Crippen LogP contribution >= 0.6 is 0 Å². The lowest BCUT2D eigenvalue weighted by molar-refractivity contribution is 0.289. The Morgan fingerprint density at radius 1 is 1.17 bits per heavy atom. The third kappa shape index (κ3) is 3.00. The third-order valence-electron chi connectivity index (χ3n) is 5.27. The first kappa shape index (κ1) is 14.8. The second-order valence-electron chi connectivity index (χ2n) is 6.82. The topological polar surface area (TPSA) is 28.6 Å². The van der Waals surface area contributed by atoms with Crippen molar-refractivity contribution < 1.29 is 4.74 Å². The third-order valence-corrected chi connectivity index (χ3v) is 5.27. The van der Waals surface area contributed by atoms with E-state index in [1.165, 1.54) is 56.5 Å². The summed E-state index contributed by atoms with van der Waals surface area (Å²) in [6.07, 6.45) is 5.99. The Morgan fingerprint density at radius 3 is 2.87 bits per heavy atom. The highest BCUT2D eigenvalue weighted by Gasteiger charge is 2.26. The molecule has 4 nitrogen and oxygen atoms in total. The number of nitrogens with zero attached hydrogens (tertiary/aromatic N) is 3. The van der Waals surface area contributed by atoms with E-state index in [1.807, 2.05) is 18.3 Å². The van der Waals surface area contributed by atoms with Crippen molar-refractivity contribution in [2.45, 2.75) is 19.3 Å². The maximum Gasteiger partial charge on any atom is 0.121 e. The van der Waals surface area contributed by atoms with Gasteiger partial charge in [-0.25, -0.2) is 0 Å². The van der Waals surface area contributed by atoms with Crippen LogP contribution in [0, 0.1) is 5.92 Å². The largest absolute Gasteiger partial charge is 0.497 e. The second-order valence-corrected chi connectivity index (χ2v) is 6.82. The van der Waals surface area contributed by atoms with Crippen LogP contribution in [-0.4, -0.2) is 49.7 Å². The molecule has 1 aromatic heterocycles. The number of fused-ring (bicyclic) bond motifs is 1. The first-order valence-electron chi connectivity index (χ1n) is 8.73. The van der Waals surface area contributed by atoms with Crippen LogP contribution in [0.15, 0.2) is 30.5 Å². The lowest BCUT2D eigenvalue weighted by Crippen LogP contribution is -2.29. The molecule has 0 aliphatic carbocycles. The molecule has 2 aliphatic heterocycles. The van der Waals surface area contributed by atoms with Gasteiger partial charge >= 0.3 is 0 Å². The van der Waals surface area contributed by atoms with Crippen LogP contribution < -0.4 is 9.64 Å². The Balaban J connectivity index is 1.53. The Bertz CT molecular complexity index is 681. The smallest absolute Gasteiger partial charge is 0.121 e. The Labute approximate surface area is 138 Å². The van der Waals surface area contributed by atoms with Crippen molar-refractivity contribution in [1.82, 2.24) is 9.88 Å². The molecule has 0 N–H and O–H groups in total. The maximum absolute atomic E-state index is 5.32. The number of anilines is 1. The summed E-state index contributed by atoms with van der Waals surface area (Å²) >= 11 is 0. The molecule has 0 amide bonds. The van der Waals surface area contributed by atoms with Gasteiger partial charge in [0.1, 0.15) is 5.75 Å².